The number of amidine groups is 1. The van der Waals surface area contributed by atoms with Gasteiger partial charge in [-0.2, -0.15) is 4.31 Å². The van der Waals surface area contributed by atoms with Crippen molar-refractivity contribution in [1.29, 1.82) is 0 Å². The fraction of sp³-hybridized carbons (Fsp3) is 0.900. The molecule has 0 aromatic carbocycles. The Labute approximate surface area is 104 Å². The van der Waals surface area contributed by atoms with Gasteiger partial charge in [0.15, 0.2) is 5.84 Å². The molecule has 0 amide bonds. The first-order valence-electron chi connectivity index (χ1n) is 5.66. The molecule has 7 heteroatoms. The summed E-state index contributed by atoms with van der Waals surface area (Å²) in [6, 6.07) is -0.215. The van der Waals surface area contributed by atoms with E-state index in [4.69, 9.17) is 10.9 Å². The molecule has 0 aliphatic heterocycles. The number of nitrogens with zero attached hydrogens (tertiary/aromatic N) is 2. The van der Waals surface area contributed by atoms with Gasteiger partial charge in [0.25, 0.3) is 0 Å². The lowest BCUT2D eigenvalue weighted by molar-refractivity contribution is 0.312. The molecule has 0 aromatic rings. The molecule has 0 saturated heterocycles. The van der Waals surface area contributed by atoms with Gasteiger partial charge in [0.2, 0.25) is 10.0 Å². The van der Waals surface area contributed by atoms with E-state index in [0.717, 1.165) is 0 Å². The van der Waals surface area contributed by atoms with E-state index in [0.29, 0.717) is 12.3 Å². The summed E-state index contributed by atoms with van der Waals surface area (Å²) in [5.74, 6) is 0.302. The van der Waals surface area contributed by atoms with Crippen molar-refractivity contribution in [1.82, 2.24) is 4.31 Å². The molecule has 0 aliphatic rings. The summed E-state index contributed by atoms with van der Waals surface area (Å²) in [7, 11) is -3.36. The third-order valence-electron chi connectivity index (χ3n) is 2.33. The molecule has 0 bridgehead atoms. The maximum absolute atomic E-state index is 12.1. The molecule has 0 radical (unpaired) electrons. The minimum atomic E-state index is -3.36. The highest BCUT2D eigenvalue weighted by atomic mass is 32.2. The second-order valence-corrected chi connectivity index (χ2v) is 6.77. The second-order valence-electron chi connectivity index (χ2n) is 4.73. The second kappa shape index (κ2) is 6.80. The molecule has 0 fully saturated rings. The summed E-state index contributed by atoms with van der Waals surface area (Å²) in [6.07, 6.45) is 0.599. The van der Waals surface area contributed by atoms with Gasteiger partial charge in [0.1, 0.15) is 0 Å². The van der Waals surface area contributed by atoms with Crippen LogP contribution in [0.25, 0.3) is 0 Å². The zero-order chi connectivity index (χ0) is 13.6. The fourth-order valence-electron chi connectivity index (χ4n) is 1.30. The minimum absolute atomic E-state index is 0.0748. The van der Waals surface area contributed by atoms with Gasteiger partial charge >= 0.3 is 0 Å². The number of sulfonamides is 1. The Morgan fingerprint density at radius 3 is 2.24 bits per heavy atom. The SMILES string of the molecule is CC(C)CCS(=O)(=O)N(CC(N)=NO)C(C)C. The maximum atomic E-state index is 12.1. The summed E-state index contributed by atoms with van der Waals surface area (Å²) < 4.78 is 25.4. The molecule has 0 heterocycles. The Bertz CT molecular complexity index is 350. The molecular formula is C10H23N3O3S. The largest absolute Gasteiger partial charge is 0.409 e. The van der Waals surface area contributed by atoms with Gasteiger partial charge in [-0.15, -0.1) is 0 Å². The van der Waals surface area contributed by atoms with Crippen LogP contribution < -0.4 is 5.73 Å². The third-order valence-corrected chi connectivity index (χ3v) is 4.35. The van der Waals surface area contributed by atoms with E-state index in [1.807, 2.05) is 13.8 Å². The van der Waals surface area contributed by atoms with E-state index in [-0.39, 0.29) is 24.2 Å². The van der Waals surface area contributed by atoms with Crippen LogP contribution in [-0.2, 0) is 10.0 Å². The highest BCUT2D eigenvalue weighted by Gasteiger charge is 2.25. The smallest absolute Gasteiger partial charge is 0.214 e. The monoisotopic (exact) mass is 265 g/mol. The first kappa shape index (κ1) is 16.2. The van der Waals surface area contributed by atoms with Crippen LogP contribution in [0.1, 0.15) is 34.1 Å². The summed E-state index contributed by atoms with van der Waals surface area (Å²) in [6.45, 7) is 7.39. The molecule has 0 aromatic heterocycles. The number of rotatable bonds is 7. The Hall–Kier alpha value is -0.820. The van der Waals surface area contributed by atoms with Crippen LogP contribution >= 0.6 is 0 Å². The van der Waals surface area contributed by atoms with Crippen molar-refractivity contribution in [3.8, 4) is 0 Å². The predicted molar refractivity (Wildman–Crippen MR) is 68.5 cm³/mol. The Kier molecular flexibility index (Phi) is 6.48. The van der Waals surface area contributed by atoms with Crippen molar-refractivity contribution < 1.29 is 13.6 Å². The number of oxime groups is 1. The average Bonchev–Trinajstić information content (AvgIpc) is 2.22. The van der Waals surface area contributed by atoms with Gasteiger partial charge in [-0.1, -0.05) is 19.0 Å². The van der Waals surface area contributed by atoms with E-state index in [1.54, 1.807) is 13.8 Å². The van der Waals surface area contributed by atoms with E-state index >= 15 is 0 Å². The standard InChI is InChI=1S/C10H23N3O3S/c1-8(2)5-6-17(15,16)13(9(3)4)7-10(11)12-14/h8-9,14H,5-7H2,1-4H3,(H2,11,12). The molecule has 0 atom stereocenters. The van der Waals surface area contributed by atoms with Gasteiger partial charge in [0, 0.05) is 6.04 Å². The van der Waals surface area contributed by atoms with Gasteiger partial charge in [-0.25, -0.2) is 8.42 Å². The number of hydrogen-bond acceptors (Lipinski definition) is 4. The Morgan fingerprint density at radius 2 is 1.88 bits per heavy atom. The van der Waals surface area contributed by atoms with Gasteiger partial charge in [-0.3, -0.25) is 0 Å². The molecule has 3 N–H and O–H groups in total. The first-order valence-corrected chi connectivity index (χ1v) is 7.27. The predicted octanol–water partition coefficient (Wildman–Crippen LogP) is 0.819. The molecule has 0 unspecified atom stereocenters. The van der Waals surface area contributed by atoms with Crippen LogP contribution in [0, 0.1) is 5.92 Å². The minimum Gasteiger partial charge on any atom is -0.409 e. The third kappa shape index (κ3) is 5.88. The Morgan fingerprint density at radius 1 is 1.35 bits per heavy atom. The maximum Gasteiger partial charge on any atom is 0.214 e. The molecule has 0 aliphatic carbocycles. The summed E-state index contributed by atoms with van der Waals surface area (Å²) in [4.78, 5) is 0. The van der Waals surface area contributed by atoms with Gasteiger partial charge < -0.3 is 10.9 Å². The molecule has 0 saturated carbocycles. The topological polar surface area (TPSA) is 96.0 Å². The molecular weight excluding hydrogens is 242 g/mol. The van der Waals surface area contributed by atoms with E-state index in [2.05, 4.69) is 5.16 Å². The van der Waals surface area contributed by atoms with Crippen molar-refractivity contribution in [2.75, 3.05) is 12.3 Å². The van der Waals surface area contributed by atoms with Gasteiger partial charge in [0.05, 0.1) is 12.3 Å². The van der Waals surface area contributed by atoms with E-state index < -0.39 is 10.0 Å². The lowest BCUT2D eigenvalue weighted by atomic mass is 10.2. The molecule has 102 valence electrons. The van der Waals surface area contributed by atoms with Crippen molar-refractivity contribution >= 4 is 15.9 Å². The Balaban J connectivity index is 4.80. The van der Waals surface area contributed by atoms with Crippen molar-refractivity contribution in [2.45, 2.75) is 40.2 Å². The summed E-state index contributed by atoms with van der Waals surface area (Å²) >= 11 is 0. The first-order chi connectivity index (χ1) is 7.70. The molecule has 0 spiro atoms. The van der Waals surface area contributed by atoms with Crippen LogP contribution in [0.4, 0.5) is 0 Å². The zero-order valence-corrected chi connectivity index (χ0v) is 11.7. The highest BCUT2D eigenvalue weighted by molar-refractivity contribution is 7.89. The van der Waals surface area contributed by atoms with Crippen LogP contribution in [0.3, 0.4) is 0 Å². The normalized spacial score (nSPS) is 13.9. The average molecular weight is 265 g/mol. The van der Waals surface area contributed by atoms with Gasteiger partial charge in [-0.05, 0) is 26.2 Å². The highest BCUT2D eigenvalue weighted by Crippen LogP contribution is 2.11. The molecule has 6 nitrogen and oxygen atoms in total. The van der Waals surface area contributed by atoms with Crippen LogP contribution in [0.2, 0.25) is 0 Å². The fourth-order valence-corrected chi connectivity index (χ4v) is 3.27. The lowest BCUT2D eigenvalue weighted by Gasteiger charge is -2.25. The van der Waals surface area contributed by atoms with Crippen LogP contribution in [-0.4, -0.2) is 42.1 Å². The van der Waals surface area contributed by atoms with Crippen molar-refractivity contribution in [2.24, 2.45) is 16.8 Å². The van der Waals surface area contributed by atoms with Crippen molar-refractivity contribution in [3.05, 3.63) is 0 Å². The zero-order valence-electron chi connectivity index (χ0n) is 10.9. The van der Waals surface area contributed by atoms with Crippen LogP contribution in [0.5, 0.6) is 0 Å². The summed E-state index contributed by atoms with van der Waals surface area (Å²) in [5.41, 5.74) is 5.36. The molecule has 0 rings (SSSR count). The lowest BCUT2D eigenvalue weighted by Crippen LogP contribution is -2.44. The summed E-state index contributed by atoms with van der Waals surface area (Å²) in [5, 5.41) is 11.3. The van der Waals surface area contributed by atoms with Crippen molar-refractivity contribution in [3.63, 3.8) is 0 Å². The number of nitrogens with two attached hydrogens (primary N) is 1. The van der Waals surface area contributed by atoms with Crippen LogP contribution in [0.15, 0.2) is 5.16 Å². The van der Waals surface area contributed by atoms with E-state index in [1.165, 1.54) is 4.31 Å². The quantitative estimate of drug-likeness (QED) is 0.308. The molecule has 17 heavy (non-hydrogen) atoms. The number of hydrogen-bond donors (Lipinski definition) is 2. The van der Waals surface area contributed by atoms with E-state index in [9.17, 15) is 8.42 Å².